The van der Waals surface area contributed by atoms with Gasteiger partial charge in [0.25, 0.3) is 0 Å². The molecule has 0 radical (unpaired) electrons. The van der Waals surface area contributed by atoms with E-state index in [1.807, 2.05) is 19.1 Å². The van der Waals surface area contributed by atoms with E-state index >= 15 is 0 Å². The third kappa shape index (κ3) is 1.61. The van der Waals surface area contributed by atoms with Gasteiger partial charge in [0.05, 0.1) is 11.9 Å². The van der Waals surface area contributed by atoms with Crippen molar-refractivity contribution < 1.29 is 0 Å². The van der Waals surface area contributed by atoms with E-state index in [0.29, 0.717) is 5.15 Å². The minimum absolute atomic E-state index is 0.192. The van der Waals surface area contributed by atoms with Gasteiger partial charge in [-0.05, 0) is 13.0 Å². The van der Waals surface area contributed by atoms with E-state index in [2.05, 4.69) is 30.5 Å². The fourth-order valence-corrected chi connectivity index (χ4v) is 1.70. The molecule has 2 rings (SSSR count). The Morgan fingerprint density at radius 1 is 1.50 bits per heavy atom. The topological polar surface area (TPSA) is 30.2 Å². The Morgan fingerprint density at radius 3 is 2.81 bits per heavy atom. The van der Waals surface area contributed by atoms with Crippen molar-refractivity contribution in [1.82, 2.24) is 14.6 Å². The molecule has 0 saturated heterocycles. The molecule has 0 aliphatic heterocycles. The minimum Gasteiger partial charge on any atom is -0.232 e. The van der Waals surface area contributed by atoms with Gasteiger partial charge in [-0.3, -0.25) is 0 Å². The van der Waals surface area contributed by atoms with Crippen molar-refractivity contribution in [1.29, 1.82) is 0 Å². The fraction of sp³-hybridized carbons (Fsp3) is 0.333. The second kappa shape index (κ2) is 3.59. The van der Waals surface area contributed by atoms with Gasteiger partial charge in [-0.2, -0.15) is 5.10 Å². The van der Waals surface area contributed by atoms with Crippen LogP contribution in [0.5, 0.6) is 0 Å². The number of aromatic nitrogens is 3. The Kier molecular flexibility index (Phi) is 2.50. The normalized spacial score (nSPS) is 12.0. The van der Waals surface area contributed by atoms with Gasteiger partial charge in [0.2, 0.25) is 0 Å². The third-order valence-corrected chi connectivity index (χ3v) is 3.04. The number of nitrogens with zero attached hydrogens (tertiary/aromatic N) is 3. The van der Waals surface area contributed by atoms with Crippen LogP contribution in [-0.4, -0.2) is 14.6 Å². The zero-order valence-electron chi connectivity index (χ0n) is 9.66. The van der Waals surface area contributed by atoms with Gasteiger partial charge in [0, 0.05) is 11.0 Å². The largest absolute Gasteiger partial charge is 0.232 e. The molecule has 0 spiro atoms. The van der Waals surface area contributed by atoms with Gasteiger partial charge in [0.1, 0.15) is 5.15 Å². The molecule has 84 valence electrons. The predicted octanol–water partition coefficient (Wildman–Crippen LogP) is 3.15. The van der Waals surface area contributed by atoms with E-state index in [-0.39, 0.29) is 5.41 Å². The van der Waals surface area contributed by atoms with Crippen molar-refractivity contribution in [3.05, 3.63) is 41.3 Å². The molecule has 0 N–H and O–H groups in total. The highest BCUT2D eigenvalue weighted by Gasteiger charge is 2.20. The molecule has 4 heteroatoms. The summed E-state index contributed by atoms with van der Waals surface area (Å²) >= 11 is 6.16. The molecule has 0 saturated carbocycles. The van der Waals surface area contributed by atoms with E-state index in [9.17, 15) is 0 Å². The third-order valence-electron chi connectivity index (χ3n) is 2.78. The maximum absolute atomic E-state index is 6.16. The minimum atomic E-state index is -0.192. The van der Waals surface area contributed by atoms with Gasteiger partial charge in [-0.25, -0.2) is 9.50 Å². The molecule has 0 bridgehead atoms. The van der Waals surface area contributed by atoms with Crippen LogP contribution in [0.4, 0.5) is 0 Å². The first-order valence-electron chi connectivity index (χ1n) is 5.10. The van der Waals surface area contributed by atoms with Crippen LogP contribution in [0.25, 0.3) is 5.65 Å². The number of hydrogen-bond acceptors (Lipinski definition) is 2. The Morgan fingerprint density at radius 2 is 2.19 bits per heavy atom. The lowest BCUT2D eigenvalue weighted by Gasteiger charge is -2.19. The van der Waals surface area contributed by atoms with Crippen LogP contribution in [-0.2, 0) is 5.41 Å². The molecule has 2 aromatic rings. The fourth-order valence-electron chi connectivity index (χ4n) is 1.47. The number of fused-ring (bicyclic) bond motifs is 1. The van der Waals surface area contributed by atoms with Crippen molar-refractivity contribution in [2.24, 2.45) is 0 Å². The number of halogens is 1. The van der Waals surface area contributed by atoms with Crippen molar-refractivity contribution in [2.75, 3.05) is 0 Å². The van der Waals surface area contributed by atoms with E-state index in [4.69, 9.17) is 11.6 Å². The van der Waals surface area contributed by atoms with E-state index in [1.54, 1.807) is 10.7 Å². The number of aryl methyl sites for hydroxylation is 1. The summed E-state index contributed by atoms with van der Waals surface area (Å²) in [6, 6.07) is 1.84. The molecule has 0 unspecified atom stereocenters. The zero-order valence-corrected chi connectivity index (χ0v) is 10.4. The van der Waals surface area contributed by atoms with E-state index in [1.165, 1.54) is 0 Å². The molecule has 0 aliphatic rings. The molecule has 0 fully saturated rings. The van der Waals surface area contributed by atoms with Gasteiger partial charge < -0.3 is 0 Å². The summed E-state index contributed by atoms with van der Waals surface area (Å²) in [5.41, 5.74) is 2.53. The molecule has 2 heterocycles. The summed E-state index contributed by atoms with van der Waals surface area (Å²) in [5, 5.41) is 4.74. The quantitative estimate of drug-likeness (QED) is 0.591. The highest BCUT2D eigenvalue weighted by atomic mass is 35.5. The molecule has 16 heavy (non-hydrogen) atoms. The number of rotatable bonds is 2. The number of allylic oxidation sites excluding steroid dienone is 1. The summed E-state index contributed by atoms with van der Waals surface area (Å²) in [7, 11) is 0. The second-order valence-electron chi connectivity index (χ2n) is 4.45. The van der Waals surface area contributed by atoms with Crippen molar-refractivity contribution >= 4 is 17.2 Å². The first-order valence-corrected chi connectivity index (χ1v) is 5.48. The van der Waals surface area contributed by atoms with Crippen molar-refractivity contribution in [3.8, 4) is 0 Å². The highest BCUT2D eigenvalue weighted by molar-refractivity contribution is 6.29. The van der Waals surface area contributed by atoms with Crippen LogP contribution in [0.2, 0.25) is 5.15 Å². The Bertz CT molecular complexity index is 555. The SMILES string of the molecule is C=CC(C)(C)c1cc(Cl)n2ncc(C)c2n1. The monoisotopic (exact) mass is 235 g/mol. The van der Waals surface area contributed by atoms with Crippen LogP contribution >= 0.6 is 11.6 Å². The Labute approximate surface area is 99.8 Å². The van der Waals surface area contributed by atoms with Gasteiger partial charge in [-0.15, -0.1) is 6.58 Å². The lowest BCUT2D eigenvalue weighted by atomic mass is 9.89. The molecule has 0 amide bonds. The van der Waals surface area contributed by atoms with Crippen LogP contribution in [0.1, 0.15) is 25.1 Å². The van der Waals surface area contributed by atoms with Gasteiger partial charge in [-0.1, -0.05) is 31.5 Å². The van der Waals surface area contributed by atoms with Crippen LogP contribution < -0.4 is 0 Å². The van der Waals surface area contributed by atoms with E-state index < -0.39 is 0 Å². The molecular weight excluding hydrogens is 222 g/mol. The molecule has 0 aliphatic carbocycles. The smallest absolute Gasteiger partial charge is 0.159 e. The van der Waals surface area contributed by atoms with Crippen molar-refractivity contribution in [3.63, 3.8) is 0 Å². The van der Waals surface area contributed by atoms with Gasteiger partial charge in [0.15, 0.2) is 5.65 Å². The molecule has 2 aromatic heterocycles. The van der Waals surface area contributed by atoms with Crippen LogP contribution in [0.15, 0.2) is 24.9 Å². The zero-order chi connectivity index (χ0) is 11.9. The predicted molar refractivity (Wildman–Crippen MR) is 66.0 cm³/mol. The standard InChI is InChI=1S/C12H14ClN3/c1-5-12(3,4)9-6-10(13)16-11(15-9)8(2)7-14-16/h5-7H,1H2,2-4H3. The maximum Gasteiger partial charge on any atom is 0.159 e. The van der Waals surface area contributed by atoms with Gasteiger partial charge >= 0.3 is 0 Å². The maximum atomic E-state index is 6.16. The average molecular weight is 236 g/mol. The molecule has 0 aromatic carbocycles. The summed E-state index contributed by atoms with van der Waals surface area (Å²) in [6.07, 6.45) is 3.63. The summed E-state index contributed by atoms with van der Waals surface area (Å²) in [5.74, 6) is 0. The first-order chi connectivity index (χ1) is 7.45. The highest BCUT2D eigenvalue weighted by Crippen LogP contribution is 2.26. The lowest BCUT2D eigenvalue weighted by molar-refractivity contribution is 0.643. The van der Waals surface area contributed by atoms with Crippen LogP contribution in [0, 0.1) is 6.92 Å². The molecule has 3 nitrogen and oxygen atoms in total. The summed E-state index contributed by atoms with van der Waals surface area (Å²) in [6.45, 7) is 9.90. The van der Waals surface area contributed by atoms with E-state index in [0.717, 1.165) is 16.9 Å². The number of hydrogen-bond donors (Lipinski definition) is 0. The Balaban J connectivity index is 2.74. The lowest BCUT2D eigenvalue weighted by Crippen LogP contribution is -2.16. The Hall–Kier alpha value is -1.35. The first kappa shape index (κ1) is 11.1. The molecule has 0 atom stereocenters. The van der Waals surface area contributed by atoms with Crippen LogP contribution in [0.3, 0.4) is 0 Å². The average Bonchev–Trinajstić information content (AvgIpc) is 2.61. The second-order valence-corrected chi connectivity index (χ2v) is 4.84. The summed E-state index contributed by atoms with van der Waals surface area (Å²) in [4.78, 5) is 4.58. The summed E-state index contributed by atoms with van der Waals surface area (Å²) < 4.78 is 1.64. The van der Waals surface area contributed by atoms with Crippen molar-refractivity contribution in [2.45, 2.75) is 26.2 Å². The molecular formula is C12H14ClN3.